The molecule has 84 valence electrons. The van der Waals surface area contributed by atoms with Gasteiger partial charge in [-0.25, -0.2) is 0 Å². The standard InChI is InChI=1S/C12H21N3/c1-9-4-3-5-10(6-9)12(13)11-7-14-15(2)8-11/h7-10,12H,3-6,13H2,1-2H3. The molecule has 3 atom stereocenters. The van der Waals surface area contributed by atoms with Crippen molar-refractivity contribution in [2.24, 2.45) is 24.6 Å². The van der Waals surface area contributed by atoms with E-state index in [4.69, 9.17) is 5.73 Å². The fraction of sp³-hybridized carbons (Fsp3) is 0.750. The van der Waals surface area contributed by atoms with Crippen molar-refractivity contribution in [3.63, 3.8) is 0 Å². The van der Waals surface area contributed by atoms with Crippen LogP contribution in [0.3, 0.4) is 0 Å². The molecule has 1 heterocycles. The van der Waals surface area contributed by atoms with Gasteiger partial charge in [-0.15, -0.1) is 0 Å². The number of hydrogen-bond acceptors (Lipinski definition) is 2. The van der Waals surface area contributed by atoms with Gasteiger partial charge in [-0.05, 0) is 24.7 Å². The first-order valence-electron chi connectivity index (χ1n) is 5.91. The molecule has 3 unspecified atom stereocenters. The fourth-order valence-corrected chi connectivity index (χ4v) is 2.69. The smallest absolute Gasteiger partial charge is 0.0537 e. The summed E-state index contributed by atoms with van der Waals surface area (Å²) >= 11 is 0. The van der Waals surface area contributed by atoms with E-state index in [0.29, 0.717) is 5.92 Å². The van der Waals surface area contributed by atoms with Gasteiger partial charge in [0.15, 0.2) is 0 Å². The third-order valence-corrected chi connectivity index (χ3v) is 3.59. The van der Waals surface area contributed by atoms with Crippen LogP contribution in [0.25, 0.3) is 0 Å². The lowest BCUT2D eigenvalue weighted by atomic mass is 9.77. The molecule has 1 aromatic rings. The Balaban J connectivity index is 2.03. The summed E-state index contributed by atoms with van der Waals surface area (Å²) in [4.78, 5) is 0. The van der Waals surface area contributed by atoms with Crippen molar-refractivity contribution in [3.05, 3.63) is 18.0 Å². The van der Waals surface area contributed by atoms with E-state index in [-0.39, 0.29) is 6.04 Å². The zero-order valence-corrected chi connectivity index (χ0v) is 9.69. The number of hydrogen-bond donors (Lipinski definition) is 1. The molecule has 1 aliphatic carbocycles. The van der Waals surface area contributed by atoms with E-state index in [1.807, 2.05) is 24.1 Å². The number of nitrogens with two attached hydrogens (primary N) is 1. The fourth-order valence-electron chi connectivity index (χ4n) is 2.69. The first-order chi connectivity index (χ1) is 7.16. The van der Waals surface area contributed by atoms with E-state index >= 15 is 0 Å². The molecule has 2 rings (SSSR count). The van der Waals surface area contributed by atoms with Crippen LogP contribution in [-0.2, 0) is 7.05 Å². The van der Waals surface area contributed by atoms with Crippen LogP contribution in [0.1, 0.15) is 44.2 Å². The number of aromatic nitrogens is 2. The summed E-state index contributed by atoms with van der Waals surface area (Å²) in [5.74, 6) is 1.49. The normalized spacial score (nSPS) is 29.0. The summed E-state index contributed by atoms with van der Waals surface area (Å²) in [7, 11) is 1.94. The van der Waals surface area contributed by atoms with Gasteiger partial charge in [-0.2, -0.15) is 5.10 Å². The van der Waals surface area contributed by atoms with Crippen LogP contribution in [0.4, 0.5) is 0 Å². The van der Waals surface area contributed by atoms with Crippen molar-refractivity contribution in [1.29, 1.82) is 0 Å². The third-order valence-electron chi connectivity index (χ3n) is 3.59. The Hall–Kier alpha value is -0.830. The average Bonchev–Trinajstić information content (AvgIpc) is 2.64. The highest BCUT2D eigenvalue weighted by molar-refractivity contribution is 5.11. The minimum absolute atomic E-state index is 0.182. The van der Waals surface area contributed by atoms with Gasteiger partial charge in [-0.3, -0.25) is 4.68 Å². The van der Waals surface area contributed by atoms with E-state index in [0.717, 1.165) is 5.92 Å². The third kappa shape index (κ3) is 2.40. The Morgan fingerprint density at radius 3 is 2.93 bits per heavy atom. The molecular formula is C12H21N3. The maximum Gasteiger partial charge on any atom is 0.0537 e. The molecule has 0 bridgehead atoms. The van der Waals surface area contributed by atoms with Gasteiger partial charge in [0.05, 0.1) is 6.20 Å². The second-order valence-corrected chi connectivity index (χ2v) is 5.00. The Labute approximate surface area is 91.7 Å². The zero-order valence-electron chi connectivity index (χ0n) is 9.69. The summed E-state index contributed by atoms with van der Waals surface area (Å²) in [5, 5.41) is 4.19. The Morgan fingerprint density at radius 1 is 1.53 bits per heavy atom. The molecule has 0 aliphatic heterocycles. The molecule has 1 saturated carbocycles. The molecule has 1 aliphatic rings. The van der Waals surface area contributed by atoms with E-state index in [2.05, 4.69) is 12.0 Å². The lowest BCUT2D eigenvalue weighted by Crippen LogP contribution is -2.25. The maximum absolute atomic E-state index is 6.29. The van der Waals surface area contributed by atoms with Crippen LogP contribution in [-0.4, -0.2) is 9.78 Å². The molecule has 0 radical (unpaired) electrons. The molecular weight excluding hydrogens is 186 g/mol. The largest absolute Gasteiger partial charge is 0.324 e. The molecule has 0 aromatic carbocycles. The summed E-state index contributed by atoms with van der Waals surface area (Å²) in [5.41, 5.74) is 7.48. The van der Waals surface area contributed by atoms with Crippen LogP contribution < -0.4 is 5.73 Å². The van der Waals surface area contributed by atoms with E-state index < -0.39 is 0 Å². The lowest BCUT2D eigenvalue weighted by Gasteiger charge is -2.30. The Bertz CT molecular complexity index is 318. The SMILES string of the molecule is CC1CCCC(C(N)c2cnn(C)c2)C1. The van der Waals surface area contributed by atoms with E-state index in [1.165, 1.54) is 31.2 Å². The number of rotatable bonds is 2. The minimum atomic E-state index is 0.182. The van der Waals surface area contributed by atoms with Gasteiger partial charge in [-0.1, -0.05) is 19.8 Å². The summed E-state index contributed by atoms with van der Waals surface area (Å²) in [6.07, 6.45) is 9.21. The molecule has 0 amide bonds. The van der Waals surface area contributed by atoms with Crippen LogP contribution in [0.5, 0.6) is 0 Å². The highest BCUT2D eigenvalue weighted by atomic mass is 15.2. The second-order valence-electron chi connectivity index (χ2n) is 5.00. The van der Waals surface area contributed by atoms with Gasteiger partial charge in [0.25, 0.3) is 0 Å². The van der Waals surface area contributed by atoms with Gasteiger partial charge in [0, 0.05) is 24.8 Å². The first-order valence-corrected chi connectivity index (χ1v) is 5.91. The van der Waals surface area contributed by atoms with Crippen LogP contribution >= 0.6 is 0 Å². The summed E-state index contributed by atoms with van der Waals surface area (Å²) in [6, 6.07) is 0.182. The minimum Gasteiger partial charge on any atom is -0.324 e. The first kappa shape index (κ1) is 10.7. The summed E-state index contributed by atoms with van der Waals surface area (Å²) < 4.78 is 1.83. The van der Waals surface area contributed by atoms with Gasteiger partial charge >= 0.3 is 0 Å². The lowest BCUT2D eigenvalue weighted by molar-refractivity contribution is 0.248. The van der Waals surface area contributed by atoms with Crippen molar-refractivity contribution in [3.8, 4) is 0 Å². The predicted octanol–water partition coefficient (Wildman–Crippen LogP) is 2.25. The van der Waals surface area contributed by atoms with Crippen LogP contribution in [0, 0.1) is 11.8 Å². The van der Waals surface area contributed by atoms with Crippen molar-refractivity contribution in [2.45, 2.75) is 38.6 Å². The van der Waals surface area contributed by atoms with Gasteiger partial charge < -0.3 is 5.73 Å². The van der Waals surface area contributed by atoms with Crippen molar-refractivity contribution >= 4 is 0 Å². The molecule has 2 N–H and O–H groups in total. The highest BCUT2D eigenvalue weighted by Gasteiger charge is 2.25. The van der Waals surface area contributed by atoms with Crippen LogP contribution in [0.15, 0.2) is 12.4 Å². The monoisotopic (exact) mass is 207 g/mol. The number of nitrogens with zero attached hydrogens (tertiary/aromatic N) is 2. The van der Waals surface area contributed by atoms with Gasteiger partial charge in [0.2, 0.25) is 0 Å². The number of aryl methyl sites for hydroxylation is 1. The van der Waals surface area contributed by atoms with Crippen molar-refractivity contribution in [2.75, 3.05) is 0 Å². The second kappa shape index (κ2) is 4.35. The topological polar surface area (TPSA) is 43.8 Å². The molecule has 0 spiro atoms. The van der Waals surface area contributed by atoms with Gasteiger partial charge in [0.1, 0.15) is 0 Å². The zero-order chi connectivity index (χ0) is 10.8. The highest BCUT2D eigenvalue weighted by Crippen LogP contribution is 2.35. The Kier molecular flexibility index (Phi) is 3.10. The molecule has 3 nitrogen and oxygen atoms in total. The maximum atomic E-state index is 6.29. The molecule has 3 heteroatoms. The van der Waals surface area contributed by atoms with Crippen molar-refractivity contribution < 1.29 is 0 Å². The quantitative estimate of drug-likeness (QED) is 0.808. The molecule has 1 fully saturated rings. The molecule has 15 heavy (non-hydrogen) atoms. The van der Waals surface area contributed by atoms with E-state index in [1.54, 1.807) is 0 Å². The Morgan fingerprint density at radius 2 is 2.33 bits per heavy atom. The van der Waals surface area contributed by atoms with Crippen molar-refractivity contribution in [1.82, 2.24) is 9.78 Å². The predicted molar refractivity (Wildman–Crippen MR) is 61.3 cm³/mol. The molecule has 0 saturated heterocycles. The van der Waals surface area contributed by atoms with E-state index in [9.17, 15) is 0 Å². The summed E-state index contributed by atoms with van der Waals surface area (Å²) in [6.45, 7) is 2.34. The van der Waals surface area contributed by atoms with Crippen LogP contribution in [0.2, 0.25) is 0 Å². The average molecular weight is 207 g/mol. The molecule has 1 aromatic heterocycles.